The zero-order chi connectivity index (χ0) is 12.8. The molecular formula is C14H23BrN2S. The number of rotatable bonds is 6. The summed E-state index contributed by atoms with van der Waals surface area (Å²) < 4.78 is 1.24. The molecule has 18 heavy (non-hydrogen) atoms. The number of piperidine rings is 1. The van der Waals surface area contributed by atoms with Gasteiger partial charge in [-0.1, -0.05) is 6.92 Å². The zero-order valence-electron chi connectivity index (χ0n) is 11.1. The molecule has 1 fully saturated rings. The molecule has 2 rings (SSSR count). The van der Waals surface area contributed by atoms with Crippen LogP contribution in [0.15, 0.2) is 15.2 Å². The second-order valence-corrected chi connectivity index (χ2v) is 7.50. The van der Waals surface area contributed by atoms with Gasteiger partial charge in [0, 0.05) is 13.1 Å². The molecule has 1 aliphatic rings. The van der Waals surface area contributed by atoms with Gasteiger partial charge in [-0.25, -0.2) is 0 Å². The standard InChI is InChI=1S/C14H23BrN2S/c1-2-6-17(9-12-4-3-5-16-8-12)10-13-7-14(15)18-11-13/h7,11-12,16H,2-6,8-10H2,1H3. The van der Waals surface area contributed by atoms with E-state index in [9.17, 15) is 0 Å². The maximum atomic E-state index is 3.55. The molecule has 1 saturated heterocycles. The Morgan fingerprint density at radius 1 is 1.56 bits per heavy atom. The molecule has 0 aliphatic carbocycles. The molecule has 1 aliphatic heterocycles. The van der Waals surface area contributed by atoms with Crippen molar-refractivity contribution in [3.05, 3.63) is 20.8 Å². The van der Waals surface area contributed by atoms with Gasteiger partial charge < -0.3 is 5.32 Å². The molecule has 1 atom stereocenters. The van der Waals surface area contributed by atoms with Crippen LogP contribution < -0.4 is 5.32 Å². The lowest BCUT2D eigenvalue weighted by Gasteiger charge is -2.29. The fourth-order valence-electron chi connectivity index (χ4n) is 2.68. The van der Waals surface area contributed by atoms with Gasteiger partial charge in [-0.05, 0) is 77.8 Å². The summed E-state index contributed by atoms with van der Waals surface area (Å²) in [6, 6.07) is 2.26. The van der Waals surface area contributed by atoms with Crippen LogP contribution in [-0.4, -0.2) is 31.1 Å². The fraction of sp³-hybridized carbons (Fsp3) is 0.714. The highest BCUT2D eigenvalue weighted by molar-refractivity contribution is 9.11. The van der Waals surface area contributed by atoms with E-state index in [1.165, 1.54) is 54.8 Å². The molecule has 0 amide bonds. The second-order valence-electron chi connectivity index (χ2n) is 5.21. The molecule has 0 aromatic carbocycles. The van der Waals surface area contributed by atoms with Crippen LogP contribution in [-0.2, 0) is 6.54 Å². The first-order chi connectivity index (χ1) is 8.78. The number of hydrogen-bond donors (Lipinski definition) is 1. The number of halogens is 1. The molecule has 102 valence electrons. The summed E-state index contributed by atoms with van der Waals surface area (Å²) in [7, 11) is 0. The van der Waals surface area contributed by atoms with Crippen LogP contribution in [0.4, 0.5) is 0 Å². The Labute approximate surface area is 123 Å². The van der Waals surface area contributed by atoms with Crippen LogP contribution in [0.1, 0.15) is 31.7 Å². The Morgan fingerprint density at radius 2 is 2.44 bits per heavy atom. The first-order valence-electron chi connectivity index (χ1n) is 6.94. The first-order valence-corrected chi connectivity index (χ1v) is 8.61. The molecule has 1 N–H and O–H groups in total. The van der Waals surface area contributed by atoms with Crippen molar-refractivity contribution in [1.29, 1.82) is 0 Å². The number of nitrogens with zero attached hydrogens (tertiary/aromatic N) is 1. The van der Waals surface area contributed by atoms with E-state index in [1.807, 2.05) is 0 Å². The van der Waals surface area contributed by atoms with Crippen molar-refractivity contribution in [2.75, 3.05) is 26.2 Å². The quantitative estimate of drug-likeness (QED) is 0.855. The average Bonchev–Trinajstić information content (AvgIpc) is 2.76. The third-order valence-electron chi connectivity index (χ3n) is 3.48. The third-order valence-corrected chi connectivity index (χ3v) is 5.04. The van der Waals surface area contributed by atoms with Gasteiger partial charge in [0.25, 0.3) is 0 Å². The van der Waals surface area contributed by atoms with Gasteiger partial charge >= 0.3 is 0 Å². The van der Waals surface area contributed by atoms with E-state index in [1.54, 1.807) is 11.3 Å². The second kappa shape index (κ2) is 7.63. The minimum Gasteiger partial charge on any atom is -0.316 e. The Kier molecular flexibility index (Phi) is 6.15. The molecule has 0 radical (unpaired) electrons. The SMILES string of the molecule is CCCN(Cc1csc(Br)c1)CC1CCCNC1. The van der Waals surface area contributed by atoms with Crippen molar-refractivity contribution in [2.24, 2.45) is 5.92 Å². The smallest absolute Gasteiger partial charge is 0.0701 e. The van der Waals surface area contributed by atoms with Crippen molar-refractivity contribution >= 4 is 27.3 Å². The van der Waals surface area contributed by atoms with E-state index in [0.717, 1.165) is 12.5 Å². The molecular weight excluding hydrogens is 308 g/mol. The summed E-state index contributed by atoms with van der Waals surface area (Å²) >= 11 is 5.34. The molecule has 2 nitrogen and oxygen atoms in total. The van der Waals surface area contributed by atoms with Crippen molar-refractivity contribution in [2.45, 2.75) is 32.7 Å². The predicted molar refractivity (Wildman–Crippen MR) is 83.2 cm³/mol. The van der Waals surface area contributed by atoms with Crippen LogP contribution in [0.3, 0.4) is 0 Å². The summed E-state index contributed by atoms with van der Waals surface area (Å²) in [5, 5.41) is 5.79. The number of nitrogens with one attached hydrogen (secondary N) is 1. The Bertz CT molecular complexity index is 347. The molecule has 1 aromatic heterocycles. The monoisotopic (exact) mass is 330 g/mol. The van der Waals surface area contributed by atoms with Gasteiger partial charge in [0.2, 0.25) is 0 Å². The number of thiophene rings is 1. The topological polar surface area (TPSA) is 15.3 Å². The van der Waals surface area contributed by atoms with Crippen molar-refractivity contribution in [3.8, 4) is 0 Å². The fourth-order valence-corrected chi connectivity index (χ4v) is 3.88. The van der Waals surface area contributed by atoms with E-state index >= 15 is 0 Å². The van der Waals surface area contributed by atoms with Crippen LogP contribution in [0.2, 0.25) is 0 Å². The molecule has 1 unspecified atom stereocenters. The largest absolute Gasteiger partial charge is 0.316 e. The van der Waals surface area contributed by atoms with Gasteiger partial charge in [-0.15, -0.1) is 11.3 Å². The summed E-state index contributed by atoms with van der Waals surface area (Å²) in [5.74, 6) is 0.840. The van der Waals surface area contributed by atoms with Gasteiger partial charge in [0.05, 0.1) is 3.79 Å². The van der Waals surface area contributed by atoms with Crippen LogP contribution in [0.25, 0.3) is 0 Å². The molecule has 4 heteroatoms. The normalized spacial score (nSPS) is 20.5. The summed E-state index contributed by atoms with van der Waals surface area (Å²) in [4.78, 5) is 2.62. The molecule has 0 spiro atoms. The lowest BCUT2D eigenvalue weighted by Crippen LogP contribution is -2.38. The lowest BCUT2D eigenvalue weighted by molar-refractivity contribution is 0.201. The van der Waals surface area contributed by atoms with E-state index in [-0.39, 0.29) is 0 Å². The van der Waals surface area contributed by atoms with Gasteiger partial charge in [0.15, 0.2) is 0 Å². The molecule has 1 aromatic rings. The van der Waals surface area contributed by atoms with Gasteiger partial charge in [0.1, 0.15) is 0 Å². The highest BCUT2D eigenvalue weighted by atomic mass is 79.9. The molecule has 0 bridgehead atoms. The summed E-state index contributed by atoms with van der Waals surface area (Å²) in [6.07, 6.45) is 3.97. The third kappa shape index (κ3) is 4.65. The first kappa shape index (κ1) is 14.5. The predicted octanol–water partition coefficient (Wildman–Crippen LogP) is 3.72. The highest BCUT2D eigenvalue weighted by Crippen LogP contribution is 2.22. The van der Waals surface area contributed by atoms with Crippen molar-refractivity contribution in [3.63, 3.8) is 0 Å². The van der Waals surface area contributed by atoms with Crippen LogP contribution >= 0.6 is 27.3 Å². The maximum absolute atomic E-state index is 3.55. The average molecular weight is 331 g/mol. The molecule has 2 heterocycles. The lowest BCUT2D eigenvalue weighted by atomic mass is 9.99. The van der Waals surface area contributed by atoms with Crippen LogP contribution in [0, 0.1) is 5.92 Å². The summed E-state index contributed by atoms with van der Waals surface area (Å²) in [6.45, 7) is 8.25. The minimum atomic E-state index is 0.840. The van der Waals surface area contributed by atoms with Crippen molar-refractivity contribution in [1.82, 2.24) is 10.2 Å². The van der Waals surface area contributed by atoms with E-state index in [2.05, 4.69) is 44.5 Å². The van der Waals surface area contributed by atoms with Gasteiger partial charge in [-0.3, -0.25) is 4.90 Å². The van der Waals surface area contributed by atoms with E-state index in [0.29, 0.717) is 0 Å². The van der Waals surface area contributed by atoms with Crippen LogP contribution in [0.5, 0.6) is 0 Å². The zero-order valence-corrected chi connectivity index (χ0v) is 13.5. The Hall–Kier alpha value is 0.1000. The van der Waals surface area contributed by atoms with E-state index < -0.39 is 0 Å². The van der Waals surface area contributed by atoms with Crippen molar-refractivity contribution < 1.29 is 0 Å². The Morgan fingerprint density at radius 3 is 3.06 bits per heavy atom. The molecule has 0 saturated carbocycles. The van der Waals surface area contributed by atoms with E-state index in [4.69, 9.17) is 0 Å². The Balaban J connectivity index is 1.86. The number of hydrogen-bond acceptors (Lipinski definition) is 3. The van der Waals surface area contributed by atoms with Gasteiger partial charge in [-0.2, -0.15) is 0 Å². The highest BCUT2D eigenvalue weighted by Gasteiger charge is 2.17. The maximum Gasteiger partial charge on any atom is 0.0701 e. The summed E-state index contributed by atoms with van der Waals surface area (Å²) in [5.41, 5.74) is 1.45. The minimum absolute atomic E-state index is 0.840.